The Balaban J connectivity index is 2.79. The molecule has 1 aromatic rings. The van der Waals surface area contributed by atoms with Gasteiger partial charge in [0, 0.05) is 6.04 Å². The minimum absolute atomic E-state index is 0.0524. The predicted octanol–water partition coefficient (Wildman–Crippen LogP) is 0.263. The van der Waals surface area contributed by atoms with Gasteiger partial charge in [0.2, 0.25) is 0 Å². The van der Waals surface area contributed by atoms with Crippen LogP contribution in [0.1, 0.15) is 5.56 Å². The Hall–Kier alpha value is -1.26. The molecule has 4 heteroatoms. The van der Waals surface area contributed by atoms with E-state index in [0.717, 1.165) is 5.56 Å². The number of aromatic hydroxyl groups is 1. The van der Waals surface area contributed by atoms with Crippen molar-refractivity contribution in [3.05, 3.63) is 23.8 Å². The molecule has 0 spiro atoms. The van der Waals surface area contributed by atoms with E-state index >= 15 is 0 Å². The number of phenolic OH excluding ortho intramolecular Hbond substituents is 1. The van der Waals surface area contributed by atoms with Crippen LogP contribution in [0.3, 0.4) is 0 Å². The van der Waals surface area contributed by atoms with E-state index in [0.29, 0.717) is 12.2 Å². The summed E-state index contributed by atoms with van der Waals surface area (Å²) in [4.78, 5) is 0. The van der Waals surface area contributed by atoms with Crippen molar-refractivity contribution < 1.29 is 14.9 Å². The van der Waals surface area contributed by atoms with E-state index in [-0.39, 0.29) is 18.4 Å². The number of ether oxygens (including phenoxy) is 1. The summed E-state index contributed by atoms with van der Waals surface area (Å²) in [7, 11) is 1.49. The first kappa shape index (κ1) is 10.8. The van der Waals surface area contributed by atoms with Crippen LogP contribution in [0.2, 0.25) is 0 Å². The van der Waals surface area contributed by atoms with Crippen molar-refractivity contribution in [2.45, 2.75) is 12.5 Å². The second kappa shape index (κ2) is 4.83. The average Bonchev–Trinajstić information content (AvgIpc) is 2.20. The van der Waals surface area contributed by atoms with Crippen molar-refractivity contribution in [2.75, 3.05) is 13.7 Å². The molecule has 0 aliphatic rings. The number of rotatable bonds is 4. The normalized spacial score (nSPS) is 12.5. The standard InChI is InChI=1S/C10H15NO3/c1-14-10-5-7(2-3-9(10)13)4-8(11)6-12/h2-3,5,8,12-13H,4,6,11H2,1H3/t8-/m0/s1. The highest BCUT2D eigenvalue weighted by molar-refractivity contribution is 5.41. The number of benzene rings is 1. The summed E-state index contributed by atoms with van der Waals surface area (Å²) in [6.07, 6.45) is 0.563. The fourth-order valence-corrected chi connectivity index (χ4v) is 1.22. The first-order valence-corrected chi connectivity index (χ1v) is 4.39. The molecule has 14 heavy (non-hydrogen) atoms. The fraction of sp³-hybridized carbons (Fsp3) is 0.400. The molecule has 1 aromatic carbocycles. The van der Waals surface area contributed by atoms with Gasteiger partial charge in [-0.15, -0.1) is 0 Å². The van der Waals surface area contributed by atoms with Crippen molar-refractivity contribution in [3.63, 3.8) is 0 Å². The maximum Gasteiger partial charge on any atom is 0.160 e. The summed E-state index contributed by atoms with van der Waals surface area (Å²) in [6, 6.07) is 4.75. The zero-order valence-electron chi connectivity index (χ0n) is 8.10. The van der Waals surface area contributed by atoms with E-state index in [4.69, 9.17) is 15.6 Å². The molecule has 0 amide bonds. The fourth-order valence-electron chi connectivity index (χ4n) is 1.22. The highest BCUT2D eigenvalue weighted by atomic mass is 16.5. The Labute approximate surface area is 82.9 Å². The minimum atomic E-state index is -0.274. The molecule has 4 nitrogen and oxygen atoms in total. The summed E-state index contributed by atoms with van der Waals surface area (Å²) in [5.74, 6) is 0.529. The molecule has 0 radical (unpaired) electrons. The maximum absolute atomic E-state index is 9.32. The van der Waals surface area contributed by atoms with Gasteiger partial charge in [-0.25, -0.2) is 0 Å². The smallest absolute Gasteiger partial charge is 0.160 e. The van der Waals surface area contributed by atoms with Gasteiger partial charge >= 0.3 is 0 Å². The Kier molecular flexibility index (Phi) is 3.73. The van der Waals surface area contributed by atoms with E-state index in [9.17, 15) is 5.11 Å². The van der Waals surface area contributed by atoms with Crippen molar-refractivity contribution in [1.82, 2.24) is 0 Å². The maximum atomic E-state index is 9.32. The Bertz CT molecular complexity index is 301. The van der Waals surface area contributed by atoms with E-state index in [1.807, 2.05) is 0 Å². The summed E-state index contributed by atoms with van der Waals surface area (Å²) in [6.45, 7) is -0.0524. The average molecular weight is 197 g/mol. The summed E-state index contributed by atoms with van der Waals surface area (Å²) in [5.41, 5.74) is 6.51. The van der Waals surface area contributed by atoms with Crippen LogP contribution in [0, 0.1) is 0 Å². The summed E-state index contributed by atoms with van der Waals surface area (Å²) >= 11 is 0. The minimum Gasteiger partial charge on any atom is -0.504 e. The van der Waals surface area contributed by atoms with E-state index in [2.05, 4.69) is 0 Å². The topological polar surface area (TPSA) is 75.7 Å². The zero-order valence-corrected chi connectivity index (χ0v) is 8.10. The van der Waals surface area contributed by atoms with E-state index in [1.54, 1.807) is 18.2 Å². The third kappa shape index (κ3) is 2.61. The predicted molar refractivity (Wildman–Crippen MR) is 53.4 cm³/mol. The molecule has 0 aliphatic carbocycles. The second-order valence-electron chi connectivity index (χ2n) is 3.15. The van der Waals surface area contributed by atoms with Gasteiger partial charge in [0.15, 0.2) is 11.5 Å². The van der Waals surface area contributed by atoms with Gasteiger partial charge in [-0.05, 0) is 24.1 Å². The third-order valence-corrected chi connectivity index (χ3v) is 1.98. The Morgan fingerprint density at radius 3 is 2.79 bits per heavy atom. The number of methoxy groups -OCH3 is 1. The molecule has 78 valence electrons. The molecule has 0 saturated heterocycles. The van der Waals surface area contributed by atoms with Crippen LogP contribution in [0.4, 0.5) is 0 Å². The van der Waals surface area contributed by atoms with Crippen LogP contribution in [0.15, 0.2) is 18.2 Å². The van der Waals surface area contributed by atoms with Crippen LogP contribution in [0.5, 0.6) is 11.5 Å². The van der Waals surface area contributed by atoms with Gasteiger partial charge in [-0.3, -0.25) is 0 Å². The number of nitrogens with two attached hydrogens (primary N) is 1. The molecule has 0 aromatic heterocycles. The van der Waals surface area contributed by atoms with Gasteiger partial charge < -0.3 is 20.7 Å². The molecule has 1 atom stereocenters. The lowest BCUT2D eigenvalue weighted by Gasteiger charge is -2.10. The highest BCUT2D eigenvalue weighted by Crippen LogP contribution is 2.26. The molecule has 0 bridgehead atoms. The third-order valence-electron chi connectivity index (χ3n) is 1.98. The van der Waals surface area contributed by atoms with Gasteiger partial charge in [0.25, 0.3) is 0 Å². The molecular weight excluding hydrogens is 182 g/mol. The largest absolute Gasteiger partial charge is 0.504 e. The van der Waals surface area contributed by atoms with Crippen LogP contribution in [0.25, 0.3) is 0 Å². The SMILES string of the molecule is COc1cc(C[C@H](N)CO)ccc1O. The highest BCUT2D eigenvalue weighted by Gasteiger charge is 2.06. The van der Waals surface area contributed by atoms with Gasteiger partial charge in [0.1, 0.15) is 0 Å². The van der Waals surface area contributed by atoms with Crippen LogP contribution in [-0.2, 0) is 6.42 Å². The lowest BCUT2D eigenvalue weighted by atomic mass is 10.1. The van der Waals surface area contributed by atoms with Crippen molar-refractivity contribution in [3.8, 4) is 11.5 Å². The van der Waals surface area contributed by atoms with Crippen molar-refractivity contribution in [2.24, 2.45) is 5.73 Å². The monoisotopic (exact) mass is 197 g/mol. The number of aliphatic hydroxyl groups is 1. The Morgan fingerprint density at radius 2 is 2.21 bits per heavy atom. The molecule has 1 rings (SSSR count). The van der Waals surface area contributed by atoms with Gasteiger partial charge in [-0.1, -0.05) is 6.07 Å². The number of aliphatic hydroxyl groups excluding tert-OH is 1. The van der Waals surface area contributed by atoms with Crippen LogP contribution >= 0.6 is 0 Å². The quantitative estimate of drug-likeness (QED) is 0.647. The summed E-state index contributed by atoms with van der Waals surface area (Å²) < 4.78 is 4.95. The van der Waals surface area contributed by atoms with E-state index in [1.165, 1.54) is 7.11 Å². The second-order valence-corrected chi connectivity index (χ2v) is 3.15. The molecule has 0 heterocycles. The molecule has 0 fully saturated rings. The number of hydrogen-bond donors (Lipinski definition) is 3. The van der Waals surface area contributed by atoms with Crippen LogP contribution < -0.4 is 10.5 Å². The lowest BCUT2D eigenvalue weighted by molar-refractivity contribution is 0.265. The van der Waals surface area contributed by atoms with Crippen molar-refractivity contribution >= 4 is 0 Å². The Morgan fingerprint density at radius 1 is 1.50 bits per heavy atom. The number of phenols is 1. The number of hydrogen-bond acceptors (Lipinski definition) is 4. The molecule has 0 aliphatic heterocycles. The molecular formula is C10H15NO3. The molecule has 4 N–H and O–H groups in total. The van der Waals surface area contributed by atoms with Gasteiger partial charge in [0.05, 0.1) is 13.7 Å². The zero-order chi connectivity index (χ0) is 10.6. The first-order chi connectivity index (χ1) is 6.67. The van der Waals surface area contributed by atoms with Gasteiger partial charge in [-0.2, -0.15) is 0 Å². The summed E-state index contributed by atoms with van der Waals surface area (Å²) in [5, 5.41) is 18.1. The molecule has 0 saturated carbocycles. The van der Waals surface area contributed by atoms with E-state index < -0.39 is 0 Å². The molecule has 0 unspecified atom stereocenters. The van der Waals surface area contributed by atoms with Crippen LogP contribution in [-0.4, -0.2) is 30.0 Å². The lowest BCUT2D eigenvalue weighted by Crippen LogP contribution is -2.26. The van der Waals surface area contributed by atoms with Crippen molar-refractivity contribution in [1.29, 1.82) is 0 Å². The first-order valence-electron chi connectivity index (χ1n) is 4.39.